The van der Waals surface area contributed by atoms with E-state index in [1.807, 2.05) is 31.2 Å². The van der Waals surface area contributed by atoms with Crippen LogP contribution in [0.4, 0.5) is 0 Å². The number of nitrogens with one attached hydrogen (secondary N) is 3. The fourth-order valence-electron chi connectivity index (χ4n) is 3.55. The second-order valence-electron chi connectivity index (χ2n) is 7.50. The number of hydrogen-bond acceptors (Lipinski definition) is 4. The zero-order valence-electron chi connectivity index (χ0n) is 18.9. The van der Waals surface area contributed by atoms with Gasteiger partial charge in [0.05, 0.1) is 13.2 Å². The minimum Gasteiger partial charge on any atom is -0.379 e. The number of benzene rings is 2. The molecule has 7 nitrogen and oxygen atoms in total. The molecule has 0 unspecified atom stereocenters. The summed E-state index contributed by atoms with van der Waals surface area (Å²) in [6, 6.07) is 16.1. The van der Waals surface area contributed by atoms with Crippen LogP contribution in [0.25, 0.3) is 0 Å². The van der Waals surface area contributed by atoms with Gasteiger partial charge in [-0.1, -0.05) is 36.4 Å². The van der Waals surface area contributed by atoms with Crippen LogP contribution in [0.3, 0.4) is 0 Å². The topological polar surface area (TPSA) is 78.0 Å². The maximum absolute atomic E-state index is 12.0. The van der Waals surface area contributed by atoms with Crippen molar-refractivity contribution < 1.29 is 9.53 Å². The summed E-state index contributed by atoms with van der Waals surface area (Å²) < 4.78 is 5.46. The molecule has 0 bridgehead atoms. The Morgan fingerprint density at radius 1 is 1.00 bits per heavy atom. The van der Waals surface area contributed by atoms with Gasteiger partial charge < -0.3 is 20.7 Å². The number of guanidine groups is 1. The summed E-state index contributed by atoms with van der Waals surface area (Å²) in [5.41, 5.74) is 4.28. The third kappa shape index (κ3) is 8.07. The molecule has 0 aromatic heterocycles. The molecule has 0 spiro atoms. The van der Waals surface area contributed by atoms with Gasteiger partial charge in [-0.2, -0.15) is 0 Å². The molecular formula is C24H34IN5O2. The highest BCUT2D eigenvalue weighted by molar-refractivity contribution is 14.0. The van der Waals surface area contributed by atoms with Gasteiger partial charge in [0.1, 0.15) is 0 Å². The summed E-state index contributed by atoms with van der Waals surface area (Å²) in [5, 5.41) is 9.58. The molecule has 174 valence electrons. The lowest BCUT2D eigenvalue weighted by Crippen LogP contribution is -2.37. The van der Waals surface area contributed by atoms with Gasteiger partial charge in [0, 0.05) is 51.9 Å². The number of ether oxygens (including phenoxy) is 1. The number of aliphatic imine (C=N–C) groups is 1. The fraction of sp³-hybridized carbons (Fsp3) is 0.417. The Morgan fingerprint density at radius 3 is 2.44 bits per heavy atom. The minimum atomic E-state index is -0.0521. The number of carbonyl (C=O) groups is 1. The quantitative estimate of drug-likeness (QED) is 0.267. The molecule has 1 aliphatic rings. The average molecular weight is 551 g/mol. The molecule has 32 heavy (non-hydrogen) atoms. The van der Waals surface area contributed by atoms with Crippen molar-refractivity contribution in [1.82, 2.24) is 20.9 Å². The van der Waals surface area contributed by atoms with E-state index in [0.717, 1.165) is 44.4 Å². The highest BCUT2D eigenvalue weighted by Gasteiger charge is 2.13. The van der Waals surface area contributed by atoms with Gasteiger partial charge in [0.2, 0.25) is 0 Å². The number of halogens is 1. The van der Waals surface area contributed by atoms with Crippen molar-refractivity contribution in [1.29, 1.82) is 0 Å². The number of nitrogens with zero attached hydrogens (tertiary/aromatic N) is 2. The molecule has 0 saturated carbocycles. The summed E-state index contributed by atoms with van der Waals surface area (Å²) in [6.45, 7) is 8.29. The van der Waals surface area contributed by atoms with Crippen molar-refractivity contribution in [2.45, 2.75) is 26.6 Å². The first-order valence-electron chi connectivity index (χ1n) is 10.9. The van der Waals surface area contributed by atoms with Crippen LogP contribution in [0.5, 0.6) is 0 Å². The van der Waals surface area contributed by atoms with Crippen LogP contribution in [0.1, 0.15) is 34.0 Å². The lowest BCUT2D eigenvalue weighted by atomic mass is 10.1. The first-order chi connectivity index (χ1) is 15.2. The van der Waals surface area contributed by atoms with E-state index in [-0.39, 0.29) is 29.9 Å². The highest BCUT2D eigenvalue weighted by Crippen LogP contribution is 2.13. The Morgan fingerprint density at radius 2 is 1.72 bits per heavy atom. The van der Waals surface area contributed by atoms with E-state index >= 15 is 0 Å². The maximum Gasteiger partial charge on any atom is 0.251 e. The number of carbonyl (C=O) groups excluding carboxylic acids is 1. The summed E-state index contributed by atoms with van der Waals surface area (Å²) in [4.78, 5) is 18.8. The molecule has 8 heteroatoms. The second-order valence-corrected chi connectivity index (χ2v) is 7.50. The molecule has 3 N–H and O–H groups in total. The maximum atomic E-state index is 12.0. The van der Waals surface area contributed by atoms with E-state index in [2.05, 4.69) is 50.1 Å². The van der Waals surface area contributed by atoms with Gasteiger partial charge in [-0.25, -0.2) is 0 Å². The fourth-order valence-corrected chi connectivity index (χ4v) is 3.55. The molecule has 0 atom stereocenters. The van der Waals surface area contributed by atoms with Crippen molar-refractivity contribution in [3.8, 4) is 0 Å². The smallest absolute Gasteiger partial charge is 0.251 e. The SMILES string of the molecule is CCNC(=O)c1cccc(CNC(=NC)NCc2ccccc2CN2CCOCC2)c1.I. The van der Waals surface area contributed by atoms with E-state index in [1.54, 1.807) is 7.05 Å². The van der Waals surface area contributed by atoms with Crippen molar-refractivity contribution in [3.63, 3.8) is 0 Å². The second kappa shape index (κ2) is 14.1. The largest absolute Gasteiger partial charge is 0.379 e. The van der Waals surface area contributed by atoms with Gasteiger partial charge in [-0.3, -0.25) is 14.7 Å². The van der Waals surface area contributed by atoms with Gasteiger partial charge in [0.25, 0.3) is 5.91 Å². The zero-order valence-corrected chi connectivity index (χ0v) is 21.2. The Bertz CT molecular complexity index is 884. The molecule has 1 aliphatic heterocycles. The first-order valence-corrected chi connectivity index (χ1v) is 10.9. The molecule has 1 fully saturated rings. The molecule has 2 aromatic rings. The predicted molar refractivity (Wildman–Crippen MR) is 139 cm³/mol. The molecule has 1 saturated heterocycles. The summed E-state index contributed by atoms with van der Waals surface area (Å²) in [5.74, 6) is 0.674. The molecule has 2 aromatic carbocycles. The van der Waals surface area contributed by atoms with Crippen molar-refractivity contribution in [2.75, 3.05) is 39.9 Å². The number of hydrogen-bond donors (Lipinski definition) is 3. The molecular weight excluding hydrogens is 517 g/mol. The van der Waals surface area contributed by atoms with Gasteiger partial charge in [-0.15, -0.1) is 24.0 Å². The Kier molecular flexibility index (Phi) is 11.5. The van der Waals surface area contributed by atoms with Crippen LogP contribution in [0.2, 0.25) is 0 Å². The van der Waals surface area contributed by atoms with Crippen LogP contribution < -0.4 is 16.0 Å². The molecule has 1 amide bonds. The van der Waals surface area contributed by atoms with Crippen LogP contribution in [0.15, 0.2) is 53.5 Å². The molecule has 1 heterocycles. The summed E-state index contributed by atoms with van der Waals surface area (Å²) in [6.07, 6.45) is 0. The molecule has 0 aliphatic carbocycles. The molecule has 3 rings (SSSR count). The number of rotatable bonds is 8. The molecule has 0 radical (unpaired) electrons. The number of morpholine rings is 1. The van der Waals surface area contributed by atoms with E-state index < -0.39 is 0 Å². The van der Waals surface area contributed by atoms with Crippen LogP contribution in [-0.2, 0) is 24.4 Å². The minimum absolute atomic E-state index is 0. The van der Waals surface area contributed by atoms with E-state index in [1.165, 1.54) is 11.1 Å². The van der Waals surface area contributed by atoms with Crippen molar-refractivity contribution >= 4 is 35.8 Å². The van der Waals surface area contributed by atoms with E-state index in [0.29, 0.717) is 25.2 Å². The third-order valence-electron chi connectivity index (χ3n) is 5.27. The van der Waals surface area contributed by atoms with Crippen molar-refractivity contribution in [2.24, 2.45) is 4.99 Å². The van der Waals surface area contributed by atoms with Gasteiger partial charge in [-0.05, 0) is 35.7 Å². The number of amides is 1. The van der Waals surface area contributed by atoms with E-state index in [4.69, 9.17) is 4.74 Å². The van der Waals surface area contributed by atoms with Crippen LogP contribution >= 0.6 is 24.0 Å². The Labute approximate surface area is 208 Å². The van der Waals surface area contributed by atoms with Crippen LogP contribution in [-0.4, -0.2) is 56.7 Å². The Hall–Kier alpha value is -2.17. The third-order valence-corrected chi connectivity index (χ3v) is 5.27. The predicted octanol–water partition coefficient (Wildman–Crippen LogP) is 2.75. The Balaban J connectivity index is 0.00000363. The van der Waals surface area contributed by atoms with E-state index in [9.17, 15) is 4.79 Å². The summed E-state index contributed by atoms with van der Waals surface area (Å²) >= 11 is 0. The first kappa shape index (κ1) is 26.1. The summed E-state index contributed by atoms with van der Waals surface area (Å²) in [7, 11) is 1.76. The highest BCUT2D eigenvalue weighted by atomic mass is 127. The van der Waals surface area contributed by atoms with Gasteiger partial charge >= 0.3 is 0 Å². The van der Waals surface area contributed by atoms with Crippen molar-refractivity contribution in [3.05, 3.63) is 70.8 Å². The standard InChI is InChI=1S/C24H33N5O2.HI/c1-3-26-23(30)20-10-6-7-19(15-20)16-27-24(25-2)28-17-21-8-4-5-9-22(21)18-29-11-13-31-14-12-29;/h4-10,15H,3,11-14,16-18H2,1-2H3,(H,26,30)(H2,25,27,28);1H. The average Bonchev–Trinajstić information content (AvgIpc) is 2.81. The van der Waals surface area contributed by atoms with Gasteiger partial charge in [0.15, 0.2) is 5.96 Å². The zero-order chi connectivity index (χ0) is 21.9. The van der Waals surface area contributed by atoms with Crippen LogP contribution in [0, 0.1) is 0 Å². The lowest BCUT2D eigenvalue weighted by Gasteiger charge is -2.27. The lowest BCUT2D eigenvalue weighted by molar-refractivity contribution is 0.0341. The normalized spacial score (nSPS) is 14.4. The monoisotopic (exact) mass is 551 g/mol.